The third kappa shape index (κ3) is 4.91. The van der Waals surface area contributed by atoms with Gasteiger partial charge in [-0.25, -0.2) is 8.42 Å². The van der Waals surface area contributed by atoms with E-state index in [1.54, 1.807) is 36.4 Å². The number of carbonyl (C=O) groups excluding carboxylic acids is 1. The molecule has 1 N–H and O–H groups in total. The Balaban J connectivity index is 2.33. The lowest BCUT2D eigenvalue weighted by Gasteiger charge is -2.28. The van der Waals surface area contributed by atoms with Crippen molar-refractivity contribution in [2.75, 3.05) is 30.1 Å². The molecule has 0 fully saturated rings. The van der Waals surface area contributed by atoms with Crippen molar-refractivity contribution in [3.63, 3.8) is 0 Å². The Kier molecular flexibility index (Phi) is 6.32. The number of hydrogen-bond acceptors (Lipinski definition) is 5. The molecule has 1 unspecified atom stereocenters. The quantitative estimate of drug-likeness (QED) is 0.783. The topological polar surface area (TPSA) is 84.9 Å². The van der Waals surface area contributed by atoms with Crippen LogP contribution in [0.25, 0.3) is 0 Å². The number of ether oxygens (including phenoxy) is 2. The molecule has 0 spiro atoms. The van der Waals surface area contributed by atoms with Crippen molar-refractivity contribution >= 4 is 27.3 Å². The van der Waals surface area contributed by atoms with Gasteiger partial charge in [0.2, 0.25) is 15.9 Å². The minimum absolute atomic E-state index is 0.413. The zero-order valence-corrected chi connectivity index (χ0v) is 16.8. The lowest BCUT2D eigenvalue weighted by molar-refractivity contribution is -0.116. The minimum Gasteiger partial charge on any atom is -0.497 e. The van der Waals surface area contributed by atoms with E-state index in [-0.39, 0.29) is 0 Å². The number of benzene rings is 2. The largest absolute Gasteiger partial charge is 0.497 e. The molecule has 2 rings (SSSR count). The summed E-state index contributed by atoms with van der Waals surface area (Å²) < 4.78 is 36.2. The van der Waals surface area contributed by atoms with Gasteiger partial charge in [-0.3, -0.25) is 9.10 Å². The summed E-state index contributed by atoms with van der Waals surface area (Å²) in [6.07, 6.45) is 1.08. The number of carbonyl (C=O) groups is 1. The van der Waals surface area contributed by atoms with Crippen LogP contribution in [0.4, 0.5) is 11.4 Å². The standard InChI is InChI=1S/C19H24N2O5S/c1-13-7-6-8-15(11-13)21(27(5,23)24)14(2)19(22)20-17-10-9-16(25-3)12-18(17)26-4/h6-12,14H,1-5H3,(H,20,22). The maximum Gasteiger partial charge on any atom is 0.248 e. The molecule has 0 bridgehead atoms. The first kappa shape index (κ1) is 20.6. The second-order valence-corrected chi connectivity index (χ2v) is 7.99. The lowest BCUT2D eigenvalue weighted by atomic mass is 10.2. The van der Waals surface area contributed by atoms with Gasteiger partial charge in [0.05, 0.1) is 31.9 Å². The number of nitrogens with one attached hydrogen (secondary N) is 1. The Hall–Kier alpha value is -2.74. The number of nitrogens with zero attached hydrogens (tertiary/aromatic N) is 1. The first-order valence-electron chi connectivity index (χ1n) is 8.26. The molecule has 0 aliphatic rings. The predicted octanol–water partition coefficient (Wildman–Crippen LogP) is 2.81. The van der Waals surface area contributed by atoms with E-state index in [2.05, 4.69) is 5.32 Å². The zero-order valence-electron chi connectivity index (χ0n) is 16.0. The Morgan fingerprint density at radius 1 is 1.11 bits per heavy atom. The highest BCUT2D eigenvalue weighted by Gasteiger charge is 2.29. The van der Waals surface area contributed by atoms with Gasteiger partial charge in [-0.2, -0.15) is 0 Å². The number of sulfonamides is 1. The van der Waals surface area contributed by atoms with E-state index in [0.29, 0.717) is 22.9 Å². The van der Waals surface area contributed by atoms with E-state index in [1.165, 1.54) is 21.1 Å². The number of hydrogen-bond donors (Lipinski definition) is 1. The van der Waals surface area contributed by atoms with Crippen molar-refractivity contribution in [2.24, 2.45) is 0 Å². The van der Waals surface area contributed by atoms with E-state index in [1.807, 2.05) is 13.0 Å². The van der Waals surface area contributed by atoms with Crippen molar-refractivity contribution in [1.29, 1.82) is 0 Å². The van der Waals surface area contributed by atoms with Crippen molar-refractivity contribution in [1.82, 2.24) is 0 Å². The maximum atomic E-state index is 12.8. The van der Waals surface area contributed by atoms with Crippen molar-refractivity contribution in [3.8, 4) is 11.5 Å². The molecule has 2 aromatic carbocycles. The van der Waals surface area contributed by atoms with Crippen LogP contribution in [0.5, 0.6) is 11.5 Å². The molecular weight excluding hydrogens is 368 g/mol. The van der Waals surface area contributed by atoms with Gasteiger partial charge in [0.15, 0.2) is 0 Å². The van der Waals surface area contributed by atoms with Gasteiger partial charge in [0.1, 0.15) is 17.5 Å². The second kappa shape index (κ2) is 8.30. The van der Waals surface area contributed by atoms with Crippen LogP contribution in [0.2, 0.25) is 0 Å². The summed E-state index contributed by atoms with van der Waals surface area (Å²) in [7, 11) is -0.672. The first-order valence-corrected chi connectivity index (χ1v) is 10.1. The van der Waals surface area contributed by atoms with Crippen LogP contribution in [0.1, 0.15) is 12.5 Å². The third-order valence-electron chi connectivity index (χ3n) is 4.01. The van der Waals surface area contributed by atoms with Crippen LogP contribution in [0.3, 0.4) is 0 Å². The van der Waals surface area contributed by atoms with E-state index in [0.717, 1.165) is 16.1 Å². The Labute approximate surface area is 160 Å². The molecule has 1 amide bonds. The van der Waals surface area contributed by atoms with Crippen LogP contribution < -0.4 is 19.1 Å². The summed E-state index contributed by atoms with van der Waals surface area (Å²) in [6.45, 7) is 3.39. The maximum absolute atomic E-state index is 12.8. The average molecular weight is 392 g/mol. The number of rotatable bonds is 7. The molecule has 7 nitrogen and oxygen atoms in total. The summed E-state index contributed by atoms with van der Waals surface area (Å²) in [4.78, 5) is 12.8. The highest BCUT2D eigenvalue weighted by atomic mass is 32.2. The molecule has 27 heavy (non-hydrogen) atoms. The highest BCUT2D eigenvalue weighted by molar-refractivity contribution is 7.92. The summed E-state index contributed by atoms with van der Waals surface area (Å²) in [5, 5.41) is 2.72. The van der Waals surface area contributed by atoms with E-state index < -0.39 is 22.0 Å². The molecule has 8 heteroatoms. The fourth-order valence-corrected chi connectivity index (χ4v) is 3.88. The molecule has 1 atom stereocenters. The molecule has 0 radical (unpaired) electrons. The fourth-order valence-electron chi connectivity index (χ4n) is 2.71. The SMILES string of the molecule is COc1ccc(NC(=O)C(C)N(c2cccc(C)c2)S(C)(=O)=O)c(OC)c1. The first-order chi connectivity index (χ1) is 12.7. The van der Waals surface area contributed by atoms with Crippen LogP contribution in [-0.2, 0) is 14.8 Å². The van der Waals surface area contributed by atoms with Gasteiger partial charge in [-0.1, -0.05) is 12.1 Å². The average Bonchev–Trinajstić information content (AvgIpc) is 2.60. The van der Waals surface area contributed by atoms with Crippen LogP contribution in [-0.4, -0.2) is 40.8 Å². The van der Waals surface area contributed by atoms with Gasteiger partial charge in [-0.15, -0.1) is 0 Å². The summed E-state index contributed by atoms with van der Waals surface area (Å²) >= 11 is 0. The third-order valence-corrected chi connectivity index (χ3v) is 5.25. The summed E-state index contributed by atoms with van der Waals surface area (Å²) in [6, 6.07) is 11.0. The highest BCUT2D eigenvalue weighted by Crippen LogP contribution is 2.30. The number of methoxy groups -OCH3 is 2. The van der Waals surface area contributed by atoms with Gasteiger partial charge in [-0.05, 0) is 43.7 Å². The molecule has 0 aliphatic heterocycles. The molecule has 146 valence electrons. The lowest BCUT2D eigenvalue weighted by Crippen LogP contribution is -2.45. The monoisotopic (exact) mass is 392 g/mol. The molecule has 0 heterocycles. The number of anilines is 2. The van der Waals surface area contributed by atoms with Gasteiger partial charge in [0, 0.05) is 6.07 Å². The zero-order chi connectivity index (χ0) is 20.2. The molecule has 2 aromatic rings. The van der Waals surface area contributed by atoms with E-state index in [9.17, 15) is 13.2 Å². The minimum atomic E-state index is -3.68. The molecule has 0 saturated heterocycles. The van der Waals surface area contributed by atoms with E-state index >= 15 is 0 Å². The molecular formula is C19H24N2O5S. The van der Waals surface area contributed by atoms with Gasteiger partial charge >= 0.3 is 0 Å². The predicted molar refractivity (Wildman–Crippen MR) is 106 cm³/mol. The van der Waals surface area contributed by atoms with Gasteiger partial charge in [0.25, 0.3) is 0 Å². The van der Waals surface area contributed by atoms with Crippen LogP contribution in [0, 0.1) is 6.92 Å². The van der Waals surface area contributed by atoms with Crippen LogP contribution in [0.15, 0.2) is 42.5 Å². The second-order valence-electron chi connectivity index (χ2n) is 6.13. The van der Waals surface area contributed by atoms with E-state index in [4.69, 9.17) is 9.47 Å². The number of aryl methyl sites for hydroxylation is 1. The molecule has 0 saturated carbocycles. The Morgan fingerprint density at radius 2 is 1.81 bits per heavy atom. The smallest absolute Gasteiger partial charge is 0.248 e. The van der Waals surface area contributed by atoms with Crippen molar-refractivity contribution in [2.45, 2.75) is 19.9 Å². The normalized spacial score (nSPS) is 12.2. The van der Waals surface area contributed by atoms with Crippen LogP contribution >= 0.6 is 0 Å². The Morgan fingerprint density at radius 3 is 2.37 bits per heavy atom. The number of amides is 1. The van der Waals surface area contributed by atoms with Gasteiger partial charge < -0.3 is 14.8 Å². The fraction of sp³-hybridized carbons (Fsp3) is 0.316. The van der Waals surface area contributed by atoms with Crippen molar-refractivity contribution in [3.05, 3.63) is 48.0 Å². The molecule has 0 aliphatic carbocycles. The molecule has 0 aromatic heterocycles. The summed E-state index contributed by atoms with van der Waals surface area (Å²) in [5.41, 5.74) is 1.75. The van der Waals surface area contributed by atoms with Crippen molar-refractivity contribution < 1.29 is 22.7 Å². The Bertz CT molecular complexity index is 927. The summed E-state index contributed by atoms with van der Waals surface area (Å²) in [5.74, 6) is 0.511.